The summed E-state index contributed by atoms with van der Waals surface area (Å²) in [5.41, 5.74) is 2.73. The first kappa shape index (κ1) is 18.5. The van der Waals surface area contributed by atoms with E-state index < -0.39 is 5.41 Å². The minimum Gasteiger partial charge on any atom is -0.379 e. The number of nitrogens with one attached hydrogen (secondary N) is 1. The second-order valence-corrected chi connectivity index (χ2v) is 7.88. The molecule has 5 heteroatoms. The molecular weight excluding hydrogens is 360 g/mol. The summed E-state index contributed by atoms with van der Waals surface area (Å²) in [7, 11) is 0. The molecule has 1 saturated carbocycles. The molecule has 0 aromatic heterocycles. The van der Waals surface area contributed by atoms with Gasteiger partial charge in [0.1, 0.15) is 0 Å². The van der Waals surface area contributed by atoms with E-state index in [1.807, 2.05) is 36.4 Å². The van der Waals surface area contributed by atoms with Crippen LogP contribution in [0, 0.1) is 0 Å². The van der Waals surface area contributed by atoms with E-state index in [9.17, 15) is 4.79 Å². The Balaban J connectivity index is 1.35. The molecule has 0 bridgehead atoms. The summed E-state index contributed by atoms with van der Waals surface area (Å²) < 4.78 is 5.39. The van der Waals surface area contributed by atoms with E-state index in [1.165, 1.54) is 5.56 Å². The van der Waals surface area contributed by atoms with Crippen molar-refractivity contribution in [2.75, 3.05) is 38.2 Å². The first-order valence-corrected chi connectivity index (χ1v) is 10.0. The molecule has 1 saturated heterocycles. The first-order valence-electron chi connectivity index (χ1n) is 9.62. The zero-order chi connectivity index (χ0) is 18.7. The lowest BCUT2D eigenvalue weighted by Crippen LogP contribution is -2.37. The van der Waals surface area contributed by atoms with Gasteiger partial charge in [0.25, 0.3) is 0 Å². The predicted molar refractivity (Wildman–Crippen MR) is 108 cm³/mol. The maximum Gasteiger partial charge on any atom is 0.235 e. The fourth-order valence-corrected chi connectivity index (χ4v) is 3.87. The van der Waals surface area contributed by atoms with Crippen molar-refractivity contribution in [3.63, 3.8) is 0 Å². The average molecular weight is 385 g/mol. The van der Waals surface area contributed by atoms with E-state index in [0.717, 1.165) is 63.4 Å². The number of carbonyl (C=O) groups is 1. The Bertz CT molecular complexity index is 796. The Labute approximate surface area is 165 Å². The molecule has 2 aromatic carbocycles. The van der Waals surface area contributed by atoms with Crippen molar-refractivity contribution in [1.82, 2.24) is 4.90 Å². The van der Waals surface area contributed by atoms with Gasteiger partial charge in [-0.05, 0) is 54.7 Å². The van der Waals surface area contributed by atoms with Gasteiger partial charge in [0.2, 0.25) is 5.91 Å². The second kappa shape index (κ2) is 8.01. The highest BCUT2D eigenvalue weighted by molar-refractivity contribution is 6.30. The molecule has 1 amide bonds. The Hall–Kier alpha value is -1.88. The number of carbonyl (C=O) groups excluding carboxylic acids is 1. The highest BCUT2D eigenvalue weighted by Gasteiger charge is 2.51. The maximum atomic E-state index is 12.9. The minimum atomic E-state index is -0.417. The molecule has 0 unspecified atom stereocenters. The van der Waals surface area contributed by atoms with Crippen molar-refractivity contribution in [3.05, 3.63) is 64.7 Å². The maximum absolute atomic E-state index is 12.9. The van der Waals surface area contributed by atoms with Crippen molar-refractivity contribution in [1.29, 1.82) is 0 Å². The van der Waals surface area contributed by atoms with Crippen LogP contribution in [0.3, 0.4) is 0 Å². The second-order valence-electron chi connectivity index (χ2n) is 7.45. The average Bonchev–Trinajstić information content (AvgIpc) is 3.50. The van der Waals surface area contributed by atoms with E-state index in [4.69, 9.17) is 16.3 Å². The van der Waals surface area contributed by atoms with Gasteiger partial charge in [-0.15, -0.1) is 0 Å². The number of hydrogen-bond acceptors (Lipinski definition) is 3. The quantitative estimate of drug-likeness (QED) is 0.821. The molecule has 0 spiro atoms. The largest absolute Gasteiger partial charge is 0.379 e. The molecule has 2 aromatic rings. The molecule has 27 heavy (non-hydrogen) atoms. The number of anilines is 1. The van der Waals surface area contributed by atoms with Gasteiger partial charge in [-0.1, -0.05) is 35.9 Å². The lowest BCUT2D eigenvalue weighted by Gasteiger charge is -2.26. The molecule has 0 radical (unpaired) electrons. The Morgan fingerprint density at radius 1 is 1.11 bits per heavy atom. The van der Waals surface area contributed by atoms with E-state index in [-0.39, 0.29) is 5.91 Å². The van der Waals surface area contributed by atoms with Gasteiger partial charge in [0, 0.05) is 30.3 Å². The fraction of sp³-hybridized carbons (Fsp3) is 0.409. The Kier molecular flexibility index (Phi) is 5.48. The van der Waals surface area contributed by atoms with Crippen LogP contribution in [0.4, 0.5) is 5.69 Å². The molecule has 1 N–H and O–H groups in total. The van der Waals surface area contributed by atoms with Crippen LogP contribution < -0.4 is 5.32 Å². The van der Waals surface area contributed by atoms with Gasteiger partial charge < -0.3 is 10.1 Å². The normalized spacial score (nSPS) is 18.9. The summed E-state index contributed by atoms with van der Waals surface area (Å²) in [5.74, 6) is 0.0610. The van der Waals surface area contributed by atoms with Crippen LogP contribution in [-0.2, 0) is 21.4 Å². The van der Waals surface area contributed by atoms with Gasteiger partial charge in [-0.2, -0.15) is 0 Å². The number of hydrogen-bond donors (Lipinski definition) is 1. The zero-order valence-corrected chi connectivity index (χ0v) is 16.2. The minimum absolute atomic E-state index is 0.0610. The molecule has 1 heterocycles. The van der Waals surface area contributed by atoms with E-state index in [2.05, 4.69) is 22.3 Å². The molecular formula is C22H25ClN2O2. The van der Waals surface area contributed by atoms with E-state index >= 15 is 0 Å². The first-order chi connectivity index (χ1) is 13.2. The van der Waals surface area contributed by atoms with E-state index in [0.29, 0.717) is 5.02 Å². The van der Waals surface area contributed by atoms with Gasteiger partial charge >= 0.3 is 0 Å². The molecule has 2 aliphatic rings. The molecule has 1 aliphatic carbocycles. The zero-order valence-electron chi connectivity index (χ0n) is 15.4. The summed E-state index contributed by atoms with van der Waals surface area (Å²) in [6, 6.07) is 15.9. The van der Waals surface area contributed by atoms with Crippen LogP contribution in [0.15, 0.2) is 48.5 Å². The van der Waals surface area contributed by atoms with Crippen molar-refractivity contribution < 1.29 is 9.53 Å². The van der Waals surface area contributed by atoms with Crippen LogP contribution in [0.2, 0.25) is 5.02 Å². The molecule has 1 aliphatic heterocycles. The van der Waals surface area contributed by atoms with E-state index in [1.54, 1.807) is 0 Å². The SMILES string of the molecule is O=C(Nc1ccc(CCN2CCOCC2)cc1)C1(c2cccc(Cl)c2)CC1. The van der Waals surface area contributed by atoms with Gasteiger partial charge in [0.15, 0.2) is 0 Å². The third-order valence-electron chi connectivity index (χ3n) is 5.59. The number of amides is 1. The van der Waals surface area contributed by atoms with Gasteiger partial charge in [-0.3, -0.25) is 9.69 Å². The standard InChI is InChI=1S/C22H25ClN2O2/c23-19-3-1-2-18(16-19)22(9-10-22)21(26)24-20-6-4-17(5-7-20)8-11-25-12-14-27-15-13-25/h1-7,16H,8-15H2,(H,24,26). The molecule has 0 atom stereocenters. The molecule has 4 nitrogen and oxygen atoms in total. The van der Waals surface area contributed by atoms with Crippen LogP contribution in [0.5, 0.6) is 0 Å². The van der Waals surface area contributed by atoms with Crippen molar-refractivity contribution in [3.8, 4) is 0 Å². The van der Waals surface area contributed by atoms with Gasteiger partial charge in [-0.25, -0.2) is 0 Å². The lowest BCUT2D eigenvalue weighted by molar-refractivity contribution is -0.118. The summed E-state index contributed by atoms with van der Waals surface area (Å²) in [6.07, 6.45) is 2.76. The number of rotatable bonds is 6. The van der Waals surface area contributed by atoms with Crippen LogP contribution in [0.25, 0.3) is 0 Å². The third kappa shape index (κ3) is 4.34. The summed E-state index contributed by atoms with van der Waals surface area (Å²) in [5, 5.41) is 3.76. The lowest BCUT2D eigenvalue weighted by atomic mass is 9.95. The highest BCUT2D eigenvalue weighted by atomic mass is 35.5. The van der Waals surface area contributed by atoms with Gasteiger partial charge in [0.05, 0.1) is 18.6 Å². The Morgan fingerprint density at radius 2 is 1.85 bits per heavy atom. The number of ether oxygens (including phenoxy) is 1. The Morgan fingerprint density at radius 3 is 2.52 bits per heavy atom. The molecule has 142 valence electrons. The molecule has 2 fully saturated rings. The van der Waals surface area contributed by atoms with Crippen molar-refractivity contribution >= 4 is 23.2 Å². The highest BCUT2D eigenvalue weighted by Crippen LogP contribution is 2.49. The summed E-state index contributed by atoms with van der Waals surface area (Å²) in [4.78, 5) is 15.3. The number of morpholine rings is 1. The van der Waals surface area contributed by atoms with Crippen molar-refractivity contribution in [2.45, 2.75) is 24.7 Å². The number of benzene rings is 2. The number of halogens is 1. The number of nitrogens with zero attached hydrogens (tertiary/aromatic N) is 1. The van der Waals surface area contributed by atoms with Crippen LogP contribution >= 0.6 is 11.6 Å². The topological polar surface area (TPSA) is 41.6 Å². The predicted octanol–water partition coefficient (Wildman–Crippen LogP) is 3.89. The third-order valence-corrected chi connectivity index (χ3v) is 5.83. The fourth-order valence-electron chi connectivity index (χ4n) is 3.68. The monoisotopic (exact) mass is 384 g/mol. The summed E-state index contributed by atoms with van der Waals surface area (Å²) in [6.45, 7) is 4.74. The van der Waals surface area contributed by atoms with Crippen LogP contribution in [-0.4, -0.2) is 43.7 Å². The summed E-state index contributed by atoms with van der Waals surface area (Å²) >= 11 is 6.10. The van der Waals surface area contributed by atoms with Crippen molar-refractivity contribution in [2.24, 2.45) is 0 Å². The smallest absolute Gasteiger partial charge is 0.235 e. The van der Waals surface area contributed by atoms with Crippen LogP contribution in [0.1, 0.15) is 24.0 Å². The molecule has 4 rings (SSSR count).